The average Bonchev–Trinajstić information content (AvgIpc) is 3.37. The van der Waals surface area contributed by atoms with Gasteiger partial charge in [-0.2, -0.15) is 0 Å². The second kappa shape index (κ2) is 16.9. The van der Waals surface area contributed by atoms with E-state index in [-0.39, 0.29) is 41.6 Å². The Labute approximate surface area is 307 Å². The molecule has 4 N–H and O–H groups in total. The predicted molar refractivity (Wildman–Crippen MR) is 194 cm³/mol. The molecule has 288 valence electrons. The van der Waals surface area contributed by atoms with Gasteiger partial charge in [-0.3, -0.25) is 28.8 Å². The van der Waals surface area contributed by atoms with Crippen LogP contribution in [0.25, 0.3) is 0 Å². The van der Waals surface area contributed by atoms with Crippen LogP contribution in [0.2, 0.25) is 0 Å². The molecule has 6 amide bonds. The normalized spacial score (nSPS) is 21.1. The van der Waals surface area contributed by atoms with E-state index in [0.29, 0.717) is 18.5 Å². The summed E-state index contributed by atoms with van der Waals surface area (Å²) in [6, 6.07) is 4.47. The van der Waals surface area contributed by atoms with E-state index in [1.54, 1.807) is 58.3 Å². The second-order valence-electron chi connectivity index (χ2n) is 16.2. The van der Waals surface area contributed by atoms with Gasteiger partial charge in [-0.1, -0.05) is 92.1 Å². The van der Waals surface area contributed by atoms with Gasteiger partial charge in [-0.25, -0.2) is 4.79 Å². The molecule has 1 aromatic rings. The molecule has 0 bridgehead atoms. The third kappa shape index (κ3) is 9.88. The number of nitrogens with zero attached hydrogens (tertiary/aromatic N) is 2. The number of piperidine rings is 1. The van der Waals surface area contributed by atoms with Crippen LogP contribution < -0.4 is 21.3 Å². The lowest BCUT2D eigenvalue weighted by atomic mass is 9.85. The summed E-state index contributed by atoms with van der Waals surface area (Å²) < 4.78 is 5.49. The molecule has 1 saturated heterocycles. The molecule has 0 aromatic heterocycles. The van der Waals surface area contributed by atoms with Gasteiger partial charge in [0, 0.05) is 20.6 Å². The van der Waals surface area contributed by atoms with Crippen LogP contribution in [-0.2, 0) is 33.5 Å². The highest BCUT2D eigenvalue weighted by Crippen LogP contribution is 2.65. The van der Waals surface area contributed by atoms with Crippen LogP contribution in [0.4, 0.5) is 4.79 Å². The Morgan fingerprint density at radius 2 is 1.58 bits per heavy atom. The summed E-state index contributed by atoms with van der Waals surface area (Å²) in [5, 5.41) is 10.4. The summed E-state index contributed by atoms with van der Waals surface area (Å²) in [7, 11) is 3.12. The van der Waals surface area contributed by atoms with Gasteiger partial charge in [-0.05, 0) is 47.5 Å². The summed E-state index contributed by atoms with van der Waals surface area (Å²) in [5.74, 6) is -4.17. The van der Waals surface area contributed by atoms with Crippen molar-refractivity contribution in [1.82, 2.24) is 31.1 Å². The van der Waals surface area contributed by atoms with E-state index in [0.717, 1.165) is 0 Å². The Morgan fingerprint density at radius 1 is 0.962 bits per heavy atom. The van der Waals surface area contributed by atoms with Crippen molar-refractivity contribution in [1.29, 1.82) is 0 Å². The number of rotatable bonds is 15. The van der Waals surface area contributed by atoms with E-state index in [1.165, 1.54) is 9.80 Å². The number of fused-ring (bicyclic) bond motifs is 1. The number of ketones is 1. The largest absolute Gasteiger partial charge is 0.446 e. The summed E-state index contributed by atoms with van der Waals surface area (Å²) in [6.45, 7) is 16.6. The van der Waals surface area contributed by atoms with Crippen LogP contribution in [0.1, 0.15) is 86.8 Å². The zero-order chi connectivity index (χ0) is 39.3. The number of ether oxygens (including phenoxy) is 1. The Hall–Kier alpha value is -4.49. The number of likely N-dealkylation sites (N-methyl/N-ethyl adjacent to an activating group) is 1. The van der Waals surface area contributed by atoms with Crippen LogP contribution in [-0.4, -0.2) is 103 Å². The molecule has 1 heterocycles. The maximum Gasteiger partial charge on any atom is 0.408 e. The molecule has 1 aliphatic carbocycles. The molecule has 2 fully saturated rings. The van der Waals surface area contributed by atoms with E-state index in [4.69, 9.17) is 4.74 Å². The zero-order valence-corrected chi connectivity index (χ0v) is 32.5. The first-order valence-corrected chi connectivity index (χ1v) is 18.1. The summed E-state index contributed by atoms with van der Waals surface area (Å²) in [5.41, 5.74) is -0.421. The summed E-state index contributed by atoms with van der Waals surface area (Å²) in [4.78, 5) is 96.0. The number of carbonyl (C=O) groups excluding carboxylic acids is 7. The smallest absolute Gasteiger partial charge is 0.408 e. The van der Waals surface area contributed by atoms with E-state index in [9.17, 15) is 33.6 Å². The fraction of sp³-hybridized carbons (Fsp3) is 0.658. The summed E-state index contributed by atoms with van der Waals surface area (Å²) in [6.07, 6.45) is -0.518. The quantitative estimate of drug-likeness (QED) is 0.199. The van der Waals surface area contributed by atoms with Crippen LogP contribution >= 0.6 is 0 Å². The lowest BCUT2D eigenvalue weighted by Crippen LogP contribution is -2.60. The first kappa shape index (κ1) is 41.9. The molecule has 3 unspecified atom stereocenters. The van der Waals surface area contributed by atoms with Gasteiger partial charge in [0.1, 0.15) is 24.2 Å². The molecular weight excluding hydrogens is 668 g/mol. The standard InChI is InChI=1S/C38H58N6O8/c1-12-16-25(30(46)33(48)39-19-26(45)41-28(34(49)43(10)11)23-17-14-13-15-18-23)40-32(47)29-27-24(38(27,8)9)20-44(29)35(50)31(37(5,6)7)42-36(51)52-22(4)21(2)3/h13-15,17-18,21-22,24-25,27-29,31H,12,16,19-20H2,1-11H3,(H,39,48)(H,40,47)(H,41,45)(H,42,51)/t22?,24?,25-,27?,28+,29+,31-/m1/s1. The first-order chi connectivity index (χ1) is 24.1. The van der Waals surface area contributed by atoms with E-state index < -0.39 is 71.6 Å². The fourth-order valence-electron chi connectivity index (χ4n) is 6.71. The molecule has 7 atom stereocenters. The zero-order valence-electron chi connectivity index (χ0n) is 32.5. The Morgan fingerprint density at radius 3 is 2.12 bits per heavy atom. The molecule has 14 heteroatoms. The van der Waals surface area contributed by atoms with Crippen molar-refractivity contribution < 1.29 is 38.3 Å². The van der Waals surface area contributed by atoms with E-state index in [2.05, 4.69) is 21.3 Å². The monoisotopic (exact) mass is 726 g/mol. The average molecular weight is 727 g/mol. The molecule has 14 nitrogen and oxygen atoms in total. The maximum atomic E-state index is 14.2. The number of likely N-dealkylation sites (tertiary alicyclic amines) is 1. The highest BCUT2D eigenvalue weighted by molar-refractivity contribution is 6.38. The Bertz CT molecular complexity index is 1500. The van der Waals surface area contributed by atoms with Crippen LogP contribution in [0.15, 0.2) is 30.3 Å². The first-order valence-electron chi connectivity index (χ1n) is 18.1. The molecular formula is C38H58N6O8. The minimum atomic E-state index is -1.21. The van der Waals surface area contributed by atoms with Crippen molar-refractivity contribution >= 4 is 41.4 Å². The molecule has 1 saturated carbocycles. The Balaban J connectivity index is 1.73. The minimum absolute atomic E-state index is 0.0296. The van der Waals surface area contributed by atoms with Gasteiger partial charge in [-0.15, -0.1) is 0 Å². The lowest BCUT2D eigenvalue weighted by molar-refractivity contribution is -0.145. The molecule has 1 aliphatic heterocycles. The second-order valence-corrected chi connectivity index (χ2v) is 16.2. The molecule has 0 radical (unpaired) electrons. The van der Waals surface area contributed by atoms with Crippen molar-refractivity contribution in [3.05, 3.63) is 35.9 Å². The van der Waals surface area contributed by atoms with E-state index >= 15 is 0 Å². The topological polar surface area (TPSA) is 183 Å². The number of hydrogen-bond donors (Lipinski definition) is 4. The molecule has 1 aromatic carbocycles. The number of hydrogen-bond acceptors (Lipinski definition) is 8. The highest BCUT2D eigenvalue weighted by atomic mass is 16.6. The Kier molecular flexibility index (Phi) is 13.6. The maximum absolute atomic E-state index is 14.2. The molecule has 52 heavy (non-hydrogen) atoms. The van der Waals surface area contributed by atoms with Gasteiger partial charge in [0.05, 0.1) is 12.6 Å². The number of nitrogens with one attached hydrogen (secondary N) is 4. The van der Waals surface area contributed by atoms with Gasteiger partial charge < -0.3 is 35.8 Å². The van der Waals surface area contributed by atoms with Gasteiger partial charge in [0.15, 0.2) is 0 Å². The molecule has 2 aliphatic rings. The van der Waals surface area contributed by atoms with Gasteiger partial charge >= 0.3 is 6.09 Å². The number of alkyl carbamates (subject to hydrolysis) is 1. The molecule has 0 spiro atoms. The van der Waals surface area contributed by atoms with Crippen molar-refractivity contribution in [3.8, 4) is 0 Å². The summed E-state index contributed by atoms with van der Waals surface area (Å²) >= 11 is 0. The van der Waals surface area contributed by atoms with Crippen molar-refractivity contribution in [2.24, 2.45) is 28.6 Å². The number of benzene rings is 1. The SMILES string of the molecule is CCC[C@@H](NC(=O)[C@@H]1C2C(CN1C(=O)[C@@H](NC(=O)OC(C)C(C)C)C(C)(C)C)C2(C)C)C(=O)C(=O)NCC(=O)N[C@H](C(=O)N(C)C)c1ccccc1. The van der Waals surface area contributed by atoms with Crippen LogP contribution in [0.5, 0.6) is 0 Å². The van der Waals surface area contributed by atoms with Crippen molar-refractivity contribution in [2.45, 2.75) is 105 Å². The van der Waals surface area contributed by atoms with Crippen LogP contribution in [0.3, 0.4) is 0 Å². The van der Waals surface area contributed by atoms with Crippen molar-refractivity contribution in [3.63, 3.8) is 0 Å². The van der Waals surface area contributed by atoms with Gasteiger partial charge in [0.2, 0.25) is 29.4 Å². The number of Topliss-reactive ketones (excluding diaryl/α,β-unsaturated/α-hetero) is 1. The minimum Gasteiger partial charge on any atom is -0.446 e. The van der Waals surface area contributed by atoms with Gasteiger partial charge in [0.25, 0.3) is 5.91 Å². The number of carbonyl (C=O) groups is 7. The highest BCUT2D eigenvalue weighted by Gasteiger charge is 2.70. The third-order valence-electron chi connectivity index (χ3n) is 10.3. The van der Waals surface area contributed by atoms with E-state index in [1.807, 2.05) is 48.5 Å². The third-order valence-corrected chi connectivity index (χ3v) is 10.3. The van der Waals surface area contributed by atoms with Crippen molar-refractivity contribution in [2.75, 3.05) is 27.2 Å². The predicted octanol–water partition coefficient (Wildman–Crippen LogP) is 2.57. The lowest BCUT2D eigenvalue weighted by Gasteiger charge is -2.38. The fourth-order valence-corrected chi connectivity index (χ4v) is 6.71. The molecule has 3 rings (SSSR count). The number of amides is 6. The van der Waals surface area contributed by atoms with Crippen LogP contribution in [0, 0.1) is 28.6 Å².